The van der Waals surface area contributed by atoms with Crippen LogP contribution in [0, 0.1) is 11.7 Å². The number of carbonyl (C=O) groups excluding carboxylic acids is 1. The van der Waals surface area contributed by atoms with E-state index in [1.807, 2.05) is 6.92 Å². The predicted molar refractivity (Wildman–Crippen MR) is 107 cm³/mol. The first-order valence-electron chi connectivity index (χ1n) is 9.64. The molecule has 1 aromatic carbocycles. The van der Waals surface area contributed by atoms with Crippen LogP contribution in [0.4, 0.5) is 4.39 Å². The second kappa shape index (κ2) is 7.35. The summed E-state index contributed by atoms with van der Waals surface area (Å²) in [6.45, 7) is 2.89. The van der Waals surface area contributed by atoms with Crippen LogP contribution < -0.4 is 10.3 Å². The molecule has 1 aliphatic rings. The summed E-state index contributed by atoms with van der Waals surface area (Å²) < 4.78 is 23.0. The van der Waals surface area contributed by atoms with E-state index in [1.54, 1.807) is 29.9 Å². The lowest BCUT2D eigenvalue weighted by atomic mass is 10.1. The zero-order valence-corrected chi connectivity index (χ0v) is 16.7. The number of benzene rings is 1. The quantitative estimate of drug-likeness (QED) is 0.640. The van der Waals surface area contributed by atoms with Crippen LogP contribution in [0.2, 0.25) is 0 Å². The van der Waals surface area contributed by atoms with Gasteiger partial charge in [-0.05, 0) is 37.8 Å². The zero-order chi connectivity index (χ0) is 20.7. The summed E-state index contributed by atoms with van der Waals surface area (Å²) in [5, 5.41) is 0. The molecule has 0 bridgehead atoms. The molecule has 0 saturated heterocycles. The fourth-order valence-electron chi connectivity index (χ4n) is 3.31. The highest BCUT2D eigenvalue weighted by molar-refractivity contribution is 5.92. The molecule has 1 fully saturated rings. The van der Waals surface area contributed by atoms with Gasteiger partial charge >= 0.3 is 0 Å². The van der Waals surface area contributed by atoms with Crippen molar-refractivity contribution in [1.82, 2.24) is 18.9 Å². The first-order valence-corrected chi connectivity index (χ1v) is 9.64. The van der Waals surface area contributed by atoms with Crippen LogP contribution in [0.15, 0.2) is 35.4 Å². The highest BCUT2D eigenvalue weighted by atomic mass is 19.1. The second-order valence-corrected chi connectivity index (χ2v) is 7.40. The molecule has 3 aromatic rings. The maximum absolute atomic E-state index is 14.8. The number of nitrogens with zero attached hydrogens (tertiary/aromatic N) is 4. The van der Waals surface area contributed by atoms with Gasteiger partial charge in [-0.25, -0.2) is 9.37 Å². The average Bonchev–Trinajstić information content (AvgIpc) is 3.44. The Labute approximate surface area is 167 Å². The summed E-state index contributed by atoms with van der Waals surface area (Å²) in [7, 11) is 3.15. The number of ether oxygens (including phenoxy) is 1. The lowest BCUT2D eigenvalue weighted by molar-refractivity contribution is 0.0797. The summed E-state index contributed by atoms with van der Waals surface area (Å²) in [6.07, 6.45) is 5.28. The maximum atomic E-state index is 14.8. The Bertz CT molecular complexity index is 1150. The van der Waals surface area contributed by atoms with Crippen molar-refractivity contribution in [3.8, 4) is 17.0 Å². The van der Waals surface area contributed by atoms with Gasteiger partial charge in [-0.2, -0.15) is 0 Å². The van der Waals surface area contributed by atoms with Gasteiger partial charge in [0.25, 0.3) is 11.5 Å². The smallest absolute Gasteiger partial charge is 0.294 e. The zero-order valence-electron chi connectivity index (χ0n) is 16.7. The molecule has 1 amide bonds. The highest BCUT2D eigenvalue weighted by Gasteiger charge is 2.26. The van der Waals surface area contributed by atoms with Crippen molar-refractivity contribution < 1.29 is 13.9 Å². The number of hydrogen-bond acceptors (Lipinski definition) is 4. The number of halogens is 1. The molecule has 152 valence electrons. The molecule has 0 atom stereocenters. The largest absolute Gasteiger partial charge is 0.497 e. The molecule has 8 heteroatoms. The van der Waals surface area contributed by atoms with Crippen molar-refractivity contribution in [2.24, 2.45) is 5.92 Å². The molecule has 0 spiro atoms. The van der Waals surface area contributed by atoms with E-state index in [1.165, 1.54) is 28.7 Å². The molecular formula is C21H23FN4O3. The summed E-state index contributed by atoms with van der Waals surface area (Å²) in [5.41, 5.74) is 0.781. The molecule has 7 nitrogen and oxygen atoms in total. The van der Waals surface area contributed by atoms with Crippen LogP contribution in [0.5, 0.6) is 5.75 Å². The molecule has 0 unspecified atom stereocenters. The highest BCUT2D eigenvalue weighted by Crippen LogP contribution is 2.33. The van der Waals surface area contributed by atoms with Gasteiger partial charge in [-0.1, -0.05) is 0 Å². The third kappa shape index (κ3) is 3.50. The van der Waals surface area contributed by atoms with E-state index >= 15 is 0 Å². The van der Waals surface area contributed by atoms with Crippen LogP contribution in [0.1, 0.15) is 30.3 Å². The van der Waals surface area contributed by atoms with Crippen molar-refractivity contribution in [2.45, 2.75) is 26.3 Å². The number of amides is 1. The van der Waals surface area contributed by atoms with E-state index in [4.69, 9.17) is 4.74 Å². The van der Waals surface area contributed by atoms with Gasteiger partial charge < -0.3 is 14.2 Å². The normalized spacial score (nSPS) is 13.7. The number of hydrogen-bond donors (Lipinski definition) is 0. The maximum Gasteiger partial charge on any atom is 0.294 e. The molecule has 0 radical (unpaired) electrons. The van der Waals surface area contributed by atoms with Crippen molar-refractivity contribution in [3.05, 3.63) is 52.5 Å². The van der Waals surface area contributed by atoms with Crippen molar-refractivity contribution >= 4 is 11.6 Å². The molecular weight excluding hydrogens is 375 g/mol. The lowest BCUT2D eigenvalue weighted by Crippen LogP contribution is -2.27. The van der Waals surface area contributed by atoms with Crippen molar-refractivity contribution in [1.29, 1.82) is 0 Å². The van der Waals surface area contributed by atoms with E-state index in [-0.39, 0.29) is 22.8 Å². The lowest BCUT2D eigenvalue weighted by Gasteiger charge is -2.14. The van der Waals surface area contributed by atoms with Crippen LogP contribution in [0.3, 0.4) is 0 Å². The Morgan fingerprint density at radius 2 is 2.10 bits per heavy atom. The number of imidazole rings is 1. The minimum Gasteiger partial charge on any atom is -0.497 e. The van der Waals surface area contributed by atoms with Gasteiger partial charge in [0.1, 0.15) is 17.3 Å². The predicted octanol–water partition coefficient (Wildman–Crippen LogP) is 2.81. The van der Waals surface area contributed by atoms with Crippen LogP contribution in [0.25, 0.3) is 16.9 Å². The van der Waals surface area contributed by atoms with Crippen LogP contribution in [-0.2, 0) is 6.54 Å². The number of methoxy groups -OCH3 is 1. The van der Waals surface area contributed by atoms with Gasteiger partial charge in [-0.15, -0.1) is 0 Å². The third-order valence-electron chi connectivity index (χ3n) is 5.35. The minimum atomic E-state index is -0.477. The van der Waals surface area contributed by atoms with Gasteiger partial charge in [0.2, 0.25) is 5.65 Å². The average molecular weight is 398 g/mol. The first kappa shape index (κ1) is 19.2. The Morgan fingerprint density at radius 1 is 1.34 bits per heavy atom. The molecule has 4 rings (SSSR count). The van der Waals surface area contributed by atoms with E-state index in [0.29, 0.717) is 36.0 Å². The molecule has 1 saturated carbocycles. The van der Waals surface area contributed by atoms with Crippen LogP contribution >= 0.6 is 0 Å². The van der Waals surface area contributed by atoms with Gasteiger partial charge in [-0.3, -0.25) is 14.0 Å². The Kier molecular flexibility index (Phi) is 4.86. The summed E-state index contributed by atoms with van der Waals surface area (Å²) in [4.78, 5) is 31.5. The minimum absolute atomic E-state index is 0.163. The molecule has 29 heavy (non-hydrogen) atoms. The molecule has 1 aliphatic carbocycles. The second-order valence-electron chi connectivity index (χ2n) is 7.40. The van der Waals surface area contributed by atoms with E-state index in [0.717, 1.165) is 12.8 Å². The fraction of sp³-hybridized carbons (Fsp3) is 0.381. The Balaban J connectivity index is 1.90. The standard InChI is InChI=1S/C21H23FN4O3/c1-4-24(2)20(27)17-11-25-12-18(15-8-7-14(29-3)9-16(15)22)26(10-13-5-6-13)21(28)19(25)23-17/h7-9,11-13H,4-6,10H2,1-3H3. The van der Waals surface area contributed by atoms with Gasteiger partial charge in [0.05, 0.1) is 12.8 Å². The van der Waals surface area contributed by atoms with Gasteiger partial charge in [0, 0.05) is 44.2 Å². The Morgan fingerprint density at radius 3 is 2.72 bits per heavy atom. The third-order valence-corrected chi connectivity index (χ3v) is 5.35. The number of rotatable bonds is 6. The van der Waals surface area contributed by atoms with E-state index in [2.05, 4.69) is 4.98 Å². The summed E-state index contributed by atoms with van der Waals surface area (Å²) in [6, 6.07) is 4.56. The number of fused-ring (bicyclic) bond motifs is 1. The van der Waals surface area contributed by atoms with E-state index < -0.39 is 5.82 Å². The number of carbonyl (C=O) groups is 1. The topological polar surface area (TPSA) is 68.8 Å². The van der Waals surface area contributed by atoms with Crippen LogP contribution in [-0.4, -0.2) is 45.5 Å². The van der Waals surface area contributed by atoms with Gasteiger partial charge in [0.15, 0.2) is 0 Å². The first-order chi connectivity index (χ1) is 13.9. The number of aromatic nitrogens is 3. The monoisotopic (exact) mass is 398 g/mol. The van der Waals surface area contributed by atoms with E-state index in [9.17, 15) is 14.0 Å². The fourth-order valence-corrected chi connectivity index (χ4v) is 3.31. The molecule has 2 heterocycles. The Hall–Kier alpha value is -3.16. The SMILES string of the molecule is CCN(C)C(=O)c1cn2cc(-c3ccc(OC)cc3F)n(CC3CC3)c(=O)c2n1. The summed E-state index contributed by atoms with van der Waals surface area (Å²) in [5.74, 6) is 0.0651. The molecule has 2 aromatic heterocycles. The molecule has 0 N–H and O–H groups in total. The van der Waals surface area contributed by atoms with Crippen molar-refractivity contribution in [3.63, 3.8) is 0 Å². The van der Waals surface area contributed by atoms with Crippen molar-refractivity contribution in [2.75, 3.05) is 20.7 Å². The molecule has 0 aliphatic heterocycles. The summed E-state index contributed by atoms with van der Waals surface area (Å²) >= 11 is 0.